The number of fused-ring (bicyclic) bond motifs is 1. The maximum atomic E-state index is 13.3. The minimum atomic E-state index is -0.754. The molecule has 2 N–H and O–H groups in total. The SMILES string of the molecule is CC(=O)N1CCC([C@H](C)c2ccc3[nH]c(C(=O)Nc4cc(F)cc(F)c4)cc3c2)C1. The van der Waals surface area contributed by atoms with Gasteiger partial charge in [-0.25, -0.2) is 8.78 Å². The van der Waals surface area contributed by atoms with Crippen LogP contribution in [0.3, 0.4) is 0 Å². The number of carbonyl (C=O) groups excluding carboxylic acids is 2. The monoisotopic (exact) mass is 411 g/mol. The first-order valence-electron chi connectivity index (χ1n) is 9.96. The van der Waals surface area contributed by atoms with Gasteiger partial charge in [0.25, 0.3) is 5.91 Å². The van der Waals surface area contributed by atoms with E-state index in [0.29, 0.717) is 11.6 Å². The van der Waals surface area contributed by atoms with E-state index in [1.54, 1.807) is 13.0 Å². The molecule has 0 aliphatic carbocycles. The second-order valence-electron chi connectivity index (χ2n) is 7.94. The summed E-state index contributed by atoms with van der Waals surface area (Å²) in [6.07, 6.45) is 0.976. The molecule has 1 fully saturated rings. The maximum absolute atomic E-state index is 13.3. The molecule has 1 saturated heterocycles. The van der Waals surface area contributed by atoms with E-state index in [9.17, 15) is 18.4 Å². The molecule has 0 bridgehead atoms. The highest BCUT2D eigenvalue weighted by Crippen LogP contribution is 2.33. The molecule has 0 spiro atoms. The number of hydrogen-bond acceptors (Lipinski definition) is 2. The van der Waals surface area contributed by atoms with Crippen LogP contribution in [0.2, 0.25) is 0 Å². The van der Waals surface area contributed by atoms with Crippen LogP contribution in [0.4, 0.5) is 14.5 Å². The largest absolute Gasteiger partial charge is 0.351 e. The second-order valence-corrected chi connectivity index (χ2v) is 7.94. The minimum absolute atomic E-state index is 0.0572. The first-order valence-corrected chi connectivity index (χ1v) is 9.96. The van der Waals surface area contributed by atoms with E-state index in [1.165, 1.54) is 0 Å². The van der Waals surface area contributed by atoms with E-state index in [2.05, 4.69) is 17.2 Å². The molecule has 7 heteroatoms. The first kappa shape index (κ1) is 20.1. The average molecular weight is 411 g/mol. The normalized spacial score (nSPS) is 17.3. The predicted molar refractivity (Wildman–Crippen MR) is 111 cm³/mol. The first-order chi connectivity index (χ1) is 14.3. The Morgan fingerprint density at radius 2 is 1.87 bits per heavy atom. The fourth-order valence-electron chi connectivity index (χ4n) is 4.13. The molecule has 1 aliphatic rings. The molecule has 1 aliphatic heterocycles. The van der Waals surface area contributed by atoms with E-state index in [0.717, 1.165) is 54.2 Å². The van der Waals surface area contributed by atoms with E-state index in [-0.39, 0.29) is 17.5 Å². The highest BCUT2D eigenvalue weighted by molar-refractivity contribution is 6.06. The van der Waals surface area contributed by atoms with Crippen LogP contribution in [0, 0.1) is 17.6 Å². The molecule has 3 aromatic rings. The molecule has 30 heavy (non-hydrogen) atoms. The smallest absolute Gasteiger partial charge is 0.272 e. The summed E-state index contributed by atoms with van der Waals surface area (Å²) in [6.45, 7) is 5.32. The van der Waals surface area contributed by atoms with Crippen molar-refractivity contribution in [3.63, 3.8) is 0 Å². The minimum Gasteiger partial charge on any atom is -0.351 e. The lowest BCUT2D eigenvalue weighted by Gasteiger charge is -2.20. The predicted octanol–water partition coefficient (Wildman–Crippen LogP) is 4.67. The van der Waals surface area contributed by atoms with Gasteiger partial charge in [0.2, 0.25) is 5.91 Å². The summed E-state index contributed by atoms with van der Waals surface area (Å²) >= 11 is 0. The molecular weight excluding hydrogens is 388 g/mol. The topological polar surface area (TPSA) is 65.2 Å². The number of halogens is 2. The van der Waals surface area contributed by atoms with Crippen molar-refractivity contribution in [3.05, 3.63) is 65.4 Å². The van der Waals surface area contributed by atoms with Gasteiger partial charge in [0.15, 0.2) is 0 Å². The number of hydrogen-bond donors (Lipinski definition) is 2. The van der Waals surface area contributed by atoms with Gasteiger partial charge in [0.1, 0.15) is 17.3 Å². The van der Waals surface area contributed by atoms with Crippen LogP contribution >= 0.6 is 0 Å². The lowest BCUT2D eigenvalue weighted by Crippen LogP contribution is -2.26. The molecule has 2 atom stereocenters. The van der Waals surface area contributed by atoms with Gasteiger partial charge >= 0.3 is 0 Å². The zero-order valence-corrected chi connectivity index (χ0v) is 16.8. The third-order valence-corrected chi connectivity index (χ3v) is 5.91. The molecule has 2 aromatic carbocycles. The van der Waals surface area contributed by atoms with Crippen molar-refractivity contribution in [2.24, 2.45) is 5.92 Å². The number of carbonyl (C=O) groups is 2. The van der Waals surface area contributed by atoms with Gasteiger partial charge in [0, 0.05) is 42.7 Å². The Balaban J connectivity index is 1.52. The number of aromatic nitrogens is 1. The van der Waals surface area contributed by atoms with Crippen molar-refractivity contribution in [3.8, 4) is 0 Å². The van der Waals surface area contributed by atoms with Gasteiger partial charge < -0.3 is 15.2 Å². The Kier molecular flexibility index (Phi) is 5.28. The molecule has 0 saturated carbocycles. The van der Waals surface area contributed by atoms with Gasteiger partial charge in [-0.15, -0.1) is 0 Å². The number of anilines is 1. The number of rotatable bonds is 4. The molecular formula is C23H23F2N3O2. The van der Waals surface area contributed by atoms with E-state index in [1.807, 2.05) is 23.1 Å². The standard InChI is InChI=1S/C23H23F2N3O2/c1-13(16-5-6-28(12-16)14(2)29)15-3-4-21-17(7-15)8-22(27-21)23(30)26-20-10-18(24)9-19(25)11-20/h3-4,7-11,13,16,27H,5-6,12H2,1-2H3,(H,26,30)/t13-,16?/m1/s1. The second kappa shape index (κ2) is 7.89. The summed E-state index contributed by atoms with van der Waals surface area (Å²) < 4.78 is 26.7. The van der Waals surface area contributed by atoms with Crippen LogP contribution in [-0.4, -0.2) is 34.8 Å². The Bertz CT molecular complexity index is 1100. The molecule has 2 heterocycles. The van der Waals surface area contributed by atoms with Gasteiger partial charge in [0.05, 0.1) is 0 Å². The summed E-state index contributed by atoms with van der Waals surface area (Å²) in [6, 6.07) is 10.6. The average Bonchev–Trinajstić information content (AvgIpc) is 3.33. The summed E-state index contributed by atoms with van der Waals surface area (Å²) in [5, 5.41) is 3.40. The number of H-pyrrole nitrogens is 1. The van der Waals surface area contributed by atoms with E-state index >= 15 is 0 Å². The van der Waals surface area contributed by atoms with Gasteiger partial charge in [-0.2, -0.15) is 0 Å². The van der Waals surface area contributed by atoms with Crippen LogP contribution in [-0.2, 0) is 4.79 Å². The fourth-order valence-corrected chi connectivity index (χ4v) is 4.13. The van der Waals surface area contributed by atoms with Crippen molar-refractivity contribution >= 4 is 28.4 Å². The van der Waals surface area contributed by atoms with Crippen LogP contribution < -0.4 is 5.32 Å². The van der Waals surface area contributed by atoms with Crippen LogP contribution in [0.1, 0.15) is 42.2 Å². The van der Waals surface area contributed by atoms with Gasteiger partial charge in [-0.3, -0.25) is 9.59 Å². The summed E-state index contributed by atoms with van der Waals surface area (Å²) in [4.78, 5) is 29.0. The summed E-state index contributed by atoms with van der Waals surface area (Å²) in [5.41, 5.74) is 2.32. The number of nitrogens with one attached hydrogen (secondary N) is 2. The fraction of sp³-hybridized carbons (Fsp3) is 0.304. The Morgan fingerprint density at radius 3 is 2.53 bits per heavy atom. The molecule has 0 radical (unpaired) electrons. The Morgan fingerprint density at radius 1 is 1.13 bits per heavy atom. The van der Waals surface area contributed by atoms with Crippen molar-refractivity contribution < 1.29 is 18.4 Å². The zero-order chi connectivity index (χ0) is 21.4. The number of nitrogens with zero attached hydrogens (tertiary/aromatic N) is 1. The summed E-state index contributed by atoms with van der Waals surface area (Å²) in [5.74, 6) is -1.19. The zero-order valence-electron chi connectivity index (χ0n) is 16.8. The van der Waals surface area contributed by atoms with E-state index in [4.69, 9.17) is 0 Å². The van der Waals surface area contributed by atoms with Crippen molar-refractivity contribution in [1.82, 2.24) is 9.88 Å². The number of aromatic amines is 1. The molecule has 5 nitrogen and oxygen atoms in total. The molecule has 1 aromatic heterocycles. The van der Waals surface area contributed by atoms with E-state index < -0.39 is 17.5 Å². The lowest BCUT2D eigenvalue weighted by atomic mass is 9.86. The maximum Gasteiger partial charge on any atom is 0.272 e. The number of likely N-dealkylation sites (tertiary alicyclic amines) is 1. The highest BCUT2D eigenvalue weighted by Gasteiger charge is 2.29. The lowest BCUT2D eigenvalue weighted by molar-refractivity contribution is -0.127. The number of amides is 2. The third-order valence-electron chi connectivity index (χ3n) is 5.91. The molecule has 2 amide bonds. The molecule has 156 valence electrons. The Hall–Kier alpha value is -3.22. The summed E-state index contributed by atoms with van der Waals surface area (Å²) in [7, 11) is 0. The number of benzene rings is 2. The van der Waals surface area contributed by atoms with Gasteiger partial charge in [-0.05, 0) is 54.2 Å². The highest BCUT2D eigenvalue weighted by atomic mass is 19.1. The quantitative estimate of drug-likeness (QED) is 0.655. The van der Waals surface area contributed by atoms with Crippen molar-refractivity contribution in [2.75, 3.05) is 18.4 Å². The third kappa shape index (κ3) is 4.06. The van der Waals surface area contributed by atoms with Crippen LogP contribution in [0.15, 0.2) is 42.5 Å². The van der Waals surface area contributed by atoms with Crippen molar-refractivity contribution in [2.45, 2.75) is 26.2 Å². The molecule has 1 unspecified atom stereocenters. The van der Waals surface area contributed by atoms with Crippen molar-refractivity contribution in [1.29, 1.82) is 0 Å². The van der Waals surface area contributed by atoms with Gasteiger partial charge in [-0.1, -0.05) is 13.0 Å². The Labute approximate surface area is 173 Å². The van der Waals surface area contributed by atoms with Crippen LogP contribution in [0.5, 0.6) is 0 Å². The molecule has 4 rings (SSSR count). The van der Waals surface area contributed by atoms with Crippen LogP contribution in [0.25, 0.3) is 10.9 Å².